The van der Waals surface area contributed by atoms with Crippen LogP contribution in [0.5, 0.6) is 0 Å². The molecule has 1 aromatic carbocycles. The molecule has 0 saturated carbocycles. The summed E-state index contributed by atoms with van der Waals surface area (Å²) < 4.78 is 0. The van der Waals surface area contributed by atoms with Crippen LogP contribution in [0.15, 0.2) is 24.3 Å². The van der Waals surface area contributed by atoms with Gasteiger partial charge in [0.25, 0.3) is 0 Å². The van der Waals surface area contributed by atoms with Gasteiger partial charge >= 0.3 is 0 Å². The van der Waals surface area contributed by atoms with Gasteiger partial charge in [-0.2, -0.15) is 4.98 Å². The van der Waals surface area contributed by atoms with Gasteiger partial charge in [0.2, 0.25) is 5.95 Å². The highest BCUT2D eigenvalue weighted by Crippen LogP contribution is 2.24. The van der Waals surface area contributed by atoms with Crippen LogP contribution in [0.1, 0.15) is 36.6 Å². The van der Waals surface area contributed by atoms with Crippen molar-refractivity contribution in [1.29, 1.82) is 0 Å². The van der Waals surface area contributed by atoms with E-state index in [1.807, 2.05) is 13.0 Å². The van der Waals surface area contributed by atoms with Crippen LogP contribution in [0.4, 0.5) is 17.5 Å². The van der Waals surface area contributed by atoms with E-state index in [1.165, 1.54) is 24.0 Å². The van der Waals surface area contributed by atoms with Gasteiger partial charge in [-0.15, -0.1) is 0 Å². The van der Waals surface area contributed by atoms with E-state index < -0.39 is 0 Å². The smallest absolute Gasteiger partial charge is 0.227 e. The van der Waals surface area contributed by atoms with Crippen LogP contribution in [0, 0.1) is 26.7 Å². The van der Waals surface area contributed by atoms with Crippen molar-refractivity contribution in [3.05, 3.63) is 41.1 Å². The van der Waals surface area contributed by atoms with Crippen LogP contribution in [-0.2, 0) is 0 Å². The molecule has 3 rings (SSSR count). The van der Waals surface area contributed by atoms with Gasteiger partial charge < -0.3 is 10.2 Å². The van der Waals surface area contributed by atoms with E-state index in [9.17, 15) is 0 Å². The van der Waals surface area contributed by atoms with Crippen molar-refractivity contribution in [3.8, 4) is 0 Å². The number of nitrogens with zero attached hydrogens (tertiary/aromatic N) is 3. The van der Waals surface area contributed by atoms with Crippen molar-refractivity contribution in [2.24, 2.45) is 5.92 Å². The molecule has 2 aromatic rings. The van der Waals surface area contributed by atoms with E-state index in [1.54, 1.807) is 0 Å². The average molecular weight is 310 g/mol. The van der Waals surface area contributed by atoms with Gasteiger partial charge in [-0.05, 0) is 56.7 Å². The molecular formula is C19H26N4. The van der Waals surface area contributed by atoms with Crippen LogP contribution in [0.25, 0.3) is 0 Å². The van der Waals surface area contributed by atoms with Crippen molar-refractivity contribution in [3.63, 3.8) is 0 Å². The second kappa shape index (κ2) is 6.57. The molecule has 0 radical (unpaired) electrons. The number of aryl methyl sites for hydroxylation is 3. The van der Waals surface area contributed by atoms with Gasteiger partial charge in [0.15, 0.2) is 0 Å². The molecule has 1 aliphatic heterocycles. The van der Waals surface area contributed by atoms with Crippen molar-refractivity contribution in [2.75, 3.05) is 23.3 Å². The largest absolute Gasteiger partial charge is 0.340 e. The number of aromatic nitrogens is 2. The monoisotopic (exact) mass is 310 g/mol. The lowest BCUT2D eigenvalue weighted by Crippen LogP contribution is -2.35. The minimum Gasteiger partial charge on any atom is -0.340 e. The van der Waals surface area contributed by atoms with E-state index in [2.05, 4.69) is 54.2 Å². The fourth-order valence-corrected chi connectivity index (χ4v) is 3.14. The zero-order valence-corrected chi connectivity index (χ0v) is 14.6. The molecule has 0 bridgehead atoms. The van der Waals surface area contributed by atoms with Crippen molar-refractivity contribution in [1.82, 2.24) is 9.97 Å². The van der Waals surface area contributed by atoms with Crippen molar-refractivity contribution >= 4 is 17.5 Å². The molecule has 4 heteroatoms. The Hall–Kier alpha value is -2.10. The summed E-state index contributed by atoms with van der Waals surface area (Å²) in [7, 11) is 0. The molecule has 0 spiro atoms. The molecule has 1 aromatic heterocycles. The molecule has 1 unspecified atom stereocenters. The van der Waals surface area contributed by atoms with E-state index in [-0.39, 0.29) is 0 Å². The Morgan fingerprint density at radius 1 is 1.13 bits per heavy atom. The molecule has 1 fully saturated rings. The van der Waals surface area contributed by atoms with Crippen LogP contribution >= 0.6 is 0 Å². The van der Waals surface area contributed by atoms with E-state index in [0.717, 1.165) is 36.2 Å². The maximum Gasteiger partial charge on any atom is 0.227 e. The summed E-state index contributed by atoms with van der Waals surface area (Å²) >= 11 is 0. The first-order valence-corrected chi connectivity index (χ1v) is 8.46. The molecule has 1 aliphatic rings. The highest BCUT2D eigenvalue weighted by atomic mass is 15.3. The van der Waals surface area contributed by atoms with Gasteiger partial charge in [-0.3, -0.25) is 0 Å². The molecule has 0 amide bonds. The first kappa shape index (κ1) is 15.8. The van der Waals surface area contributed by atoms with Crippen LogP contribution in [-0.4, -0.2) is 23.1 Å². The molecule has 0 aliphatic carbocycles. The van der Waals surface area contributed by atoms with E-state index >= 15 is 0 Å². The zero-order chi connectivity index (χ0) is 16.4. The number of hydrogen-bond acceptors (Lipinski definition) is 4. The molecule has 4 nitrogen and oxygen atoms in total. The van der Waals surface area contributed by atoms with Crippen LogP contribution < -0.4 is 10.2 Å². The Bertz CT molecular complexity index is 696. The third-order valence-electron chi connectivity index (χ3n) is 4.44. The van der Waals surface area contributed by atoms with Gasteiger partial charge in [0, 0.05) is 30.5 Å². The maximum atomic E-state index is 4.76. The lowest BCUT2D eigenvalue weighted by Gasteiger charge is -2.31. The summed E-state index contributed by atoms with van der Waals surface area (Å²) in [6, 6.07) is 8.44. The van der Waals surface area contributed by atoms with Gasteiger partial charge in [-0.25, -0.2) is 4.98 Å². The molecule has 2 heterocycles. The number of rotatable bonds is 3. The summed E-state index contributed by atoms with van der Waals surface area (Å²) in [4.78, 5) is 11.7. The zero-order valence-electron chi connectivity index (χ0n) is 14.6. The number of nitrogens with one attached hydrogen (secondary N) is 1. The molecule has 1 saturated heterocycles. The highest BCUT2D eigenvalue weighted by molar-refractivity contribution is 5.62. The average Bonchev–Trinajstić information content (AvgIpc) is 2.50. The number of anilines is 3. The standard InChI is InChI=1S/C19H26N4/c1-13-7-8-15(3)17(10-13)21-18-11-16(4)20-19(22-18)23-9-5-6-14(2)12-23/h7-8,10-11,14H,5-6,9,12H2,1-4H3,(H,20,21,22). The molecule has 1 N–H and O–H groups in total. The second-order valence-electron chi connectivity index (χ2n) is 6.83. The SMILES string of the molecule is Cc1ccc(C)c(Nc2cc(C)nc(N3CCCC(C)C3)n2)c1. The first-order chi connectivity index (χ1) is 11.0. The first-order valence-electron chi connectivity index (χ1n) is 8.46. The van der Waals surface area contributed by atoms with E-state index in [4.69, 9.17) is 4.98 Å². The second-order valence-corrected chi connectivity index (χ2v) is 6.83. The Kier molecular flexibility index (Phi) is 4.51. The highest BCUT2D eigenvalue weighted by Gasteiger charge is 2.19. The summed E-state index contributed by atoms with van der Waals surface area (Å²) in [5, 5.41) is 3.47. The van der Waals surface area contributed by atoms with Gasteiger partial charge in [0.05, 0.1) is 0 Å². The predicted molar refractivity (Wildman–Crippen MR) is 96.6 cm³/mol. The summed E-state index contributed by atoms with van der Waals surface area (Å²) in [5.41, 5.74) is 4.58. The fraction of sp³-hybridized carbons (Fsp3) is 0.474. The Morgan fingerprint density at radius 3 is 2.74 bits per heavy atom. The Morgan fingerprint density at radius 2 is 1.96 bits per heavy atom. The Balaban J connectivity index is 1.87. The summed E-state index contributed by atoms with van der Waals surface area (Å²) in [5.74, 6) is 2.44. The quantitative estimate of drug-likeness (QED) is 0.913. The number of hydrogen-bond donors (Lipinski definition) is 1. The fourth-order valence-electron chi connectivity index (χ4n) is 3.14. The molecular weight excluding hydrogens is 284 g/mol. The lowest BCUT2D eigenvalue weighted by atomic mass is 10.0. The van der Waals surface area contributed by atoms with E-state index in [0.29, 0.717) is 5.92 Å². The molecule has 1 atom stereocenters. The summed E-state index contributed by atoms with van der Waals surface area (Å²) in [6.07, 6.45) is 2.52. The molecule has 122 valence electrons. The maximum absolute atomic E-state index is 4.76. The predicted octanol–water partition coefficient (Wildman–Crippen LogP) is 4.38. The minimum atomic E-state index is 0.711. The van der Waals surface area contributed by atoms with Crippen LogP contribution in [0.3, 0.4) is 0 Å². The minimum absolute atomic E-state index is 0.711. The van der Waals surface area contributed by atoms with Gasteiger partial charge in [0.1, 0.15) is 5.82 Å². The lowest BCUT2D eigenvalue weighted by molar-refractivity contribution is 0.442. The third kappa shape index (κ3) is 3.81. The summed E-state index contributed by atoms with van der Waals surface area (Å²) in [6.45, 7) is 10.7. The normalized spacial score (nSPS) is 18.1. The topological polar surface area (TPSA) is 41.1 Å². The Labute approximate surface area is 139 Å². The number of piperidine rings is 1. The van der Waals surface area contributed by atoms with Crippen molar-refractivity contribution < 1.29 is 0 Å². The van der Waals surface area contributed by atoms with Gasteiger partial charge in [-0.1, -0.05) is 19.1 Å². The molecule has 23 heavy (non-hydrogen) atoms. The van der Waals surface area contributed by atoms with Crippen LogP contribution in [0.2, 0.25) is 0 Å². The third-order valence-corrected chi connectivity index (χ3v) is 4.44. The van der Waals surface area contributed by atoms with Crippen molar-refractivity contribution in [2.45, 2.75) is 40.5 Å². The number of benzene rings is 1.